The Kier molecular flexibility index (Phi) is 3.67. The molecule has 0 bridgehead atoms. The number of pyridine rings is 1. The zero-order valence-corrected chi connectivity index (χ0v) is 15.0. The van der Waals surface area contributed by atoms with Gasteiger partial charge in [-0.2, -0.15) is 0 Å². The van der Waals surface area contributed by atoms with Crippen LogP contribution in [-0.2, 0) is 0 Å². The lowest BCUT2D eigenvalue weighted by Crippen LogP contribution is -2.42. The van der Waals surface area contributed by atoms with Crippen molar-refractivity contribution < 1.29 is 4.79 Å². The summed E-state index contributed by atoms with van der Waals surface area (Å²) in [5.41, 5.74) is 3.47. The minimum atomic E-state index is 0.0364. The van der Waals surface area contributed by atoms with E-state index in [-0.39, 0.29) is 11.8 Å². The predicted molar refractivity (Wildman–Crippen MR) is 102 cm³/mol. The average Bonchev–Trinajstić information content (AvgIpc) is 3.35. The first kappa shape index (κ1) is 16.0. The second-order valence-electron chi connectivity index (χ2n) is 7.21. The summed E-state index contributed by atoms with van der Waals surface area (Å²) in [6.45, 7) is 3.66. The summed E-state index contributed by atoms with van der Waals surface area (Å²) in [5.74, 6) is 1.64. The van der Waals surface area contributed by atoms with E-state index in [1.54, 1.807) is 18.5 Å². The van der Waals surface area contributed by atoms with E-state index in [1.807, 2.05) is 35.6 Å². The van der Waals surface area contributed by atoms with Crippen molar-refractivity contribution in [3.8, 4) is 0 Å². The molecule has 5 rings (SSSR count). The number of carbonyl (C=O) groups is 1. The van der Waals surface area contributed by atoms with Gasteiger partial charge in [0, 0.05) is 37.6 Å². The molecule has 7 heteroatoms. The van der Waals surface area contributed by atoms with Gasteiger partial charge in [-0.25, -0.2) is 9.97 Å². The molecule has 0 aliphatic carbocycles. The second kappa shape index (κ2) is 6.19. The lowest BCUT2D eigenvalue weighted by Gasteiger charge is -2.36. The fourth-order valence-corrected chi connectivity index (χ4v) is 4.02. The highest BCUT2D eigenvalue weighted by atomic mass is 16.2. The van der Waals surface area contributed by atoms with E-state index in [0.29, 0.717) is 18.0 Å². The summed E-state index contributed by atoms with van der Waals surface area (Å²) in [6, 6.07) is 5.64. The van der Waals surface area contributed by atoms with Crippen LogP contribution in [-0.4, -0.2) is 48.2 Å². The molecule has 1 amide bonds. The summed E-state index contributed by atoms with van der Waals surface area (Å²) in [4.78, 5) is 31.2. The number of hydrogen-bond acceptors (Lipinski definition) is 4. The Morgan fingerprint density at radius 3 is 2.96 bits per heavy atom. The number of aromatic amines is 1. The van der Waals surface area contributed by atoms with Crippen molar-refractivity contribution in [1.82, 2.24) is 29.2 Å². The maximum atomic E-state index is 12.9. The number of imidazole rings is 1. The molecule has 4 aromatic heterocycles. The Hall–Kier alpha value is -3.22. The number of hydrogen-bond donors (Lipinski definition) is 1. The highest BCUT2D eigenvalue weighted by molar-refractivity contribution is 5.94. The van der Waals surface area contributed by atoms with Crippen LogP contribution >= 0.6 is 0 Å². The summed E-state index contributed by atoms with van der Waals surface area (Å²) in [5, 5.41) is 0. The first-order valence-corrected chi connectivity index (χ1v) is 9.21. The monoisotopic (exact) mass is 360 g/mol. The highest BCUT2D eigenvalue weighted by Gasteiger charge is 2.33. The SMILES string of the molecule is C[C@H]1CCN(C(=O)c2cccnc2)C[C@H]1c1ncc2cnc3[nH]ccc3n12. The van der Waals surface area contributed by atoms with Crippen LogP contribution in [0.25, 0.3) is 16.7 Å². The number of nitrogens with zero attached hydrogens (tertiary/aromatic N) is 5. The van der Waals surface area contributed by atoms with Gasteiger partial charge in [0.15, 0.2) is 5.65 Å². The molecule has 1 aliphatic heterocycles. The molecule has 136 valence electrons. The van der Waals surface area contributed by atoms with E-state index in [1.165, 1.54) is 0 Å². The third kappa shape index (κ3) is 2.58. The van der Waals surface area contributed by atoms with Gasteiger partial charge in [0.2, 0.25) is 0 Å². The number of piperidine rings is 1. The minimum Gasteiger partial charge on any atom is -0.345 e. The van der Waals surface area contributed by atoms with Crippen molar-refractivity contribution >= 4 is 22.6 Å². The lowest BCUT2D eigenvalue weighted by molar-refractivity contribution is 0.0664. The van der Waals surface area contributed by atoms with Crippen LogP contribution in [0.3, 0.4) is 0 Å². The number of likely N-dealkylation sites (tertiary alicyclic amines) is 1. The Morgan fingerprint density at radius 2 is 2.11 bits per heavy atom. The molecular formula is C20H20N6O. The molecule has 2 atom stereocenters. The van der Waals surface area contributed by atoms with Crippen LogP contribution < -0.4 is 0 Å². The third-order valence-electron chi connectivity index (χ3n) is 5.57. The fourth-order valence-electron chi connectivity index (χ4n) is 4.02. The number of nitrogens with one attached hydrogen (secondary N) is 1. The molecule has 4 aromatic rings. The number of fused-ring (bicyclic) bond motifs is 3. The maximum Gasteiger partial charge on any atom is 0.255 e. The highest BCUT2D eigenvalue weighted by Crippen LogP contribution is 2.33. The molecule has 0 radical (unpaired) electrons. The van der Waals surface area contributed by atoms with Crippen molar-refractivity contribution in [2.75, 3.05) is 13.1 Å². The molecule has 0 spiro atoms. The van der Waals surface area contributed by atoms with Crippen molar-refractivity contribution in [1.29, 1.82) is 0 Å². The Morgan fingerprint density at radius 1 is 1.22 bits per heavy atom. The van der Waals surface area contributed by atoms with Crippen molar-refractivity contribution in [2.24, 2.45) is 5.92 Å². The molecule has 5 heterocycles. The van der Waals surface area contributed by atoms with Crippen LogP contribution in [0.5, 0.6) is 0 Å². The Labute approximate surface area is 156 Å². The molecule has 0 saturated carbocycles. The second-order valence-corrected chi connectivity index (χ2v) is 7.21. The fraction of sp³-hybridized carbons (Fsp3) is 0.300. The van der Waals surface area contributed by atoms with Crippen LogP contribution in [0, 0.1) is 5.92 Å². The molecule has 1 saturated heterocycles. The number of amides is 1. The van der Waals surface area contributed by atoms with Crippen molar-refractivity contribution in [3.63, 3.8) is 0 Å². The van der Waals surface area contributed by atoms with Gasteiger partial charge in [-0.05, 0) is 30.5 Å². The Balaban J connectivity index is 1.53. The topological polar surface area (TPSA) is 79.2 Å². The van der Waals surface area contributed by atoms with E-state index < -0.39 is 0 Å². The zero-order valence-electron chi connectivity index (χ0n) is 15.0. The van der Waals surface area contributed by atoms with Crippen LogP contribution in [0.15, 0.2) is 49.2 Å². The van der Waals surface area contributed by atoms with Crippen LogP contribution in [0.1, 0.15) is 35.4 Å². The molecule has 1 aliphatic rings. The van der Waals surface area contributed by atoms with Crippen LogP contribution in [0.2, 0.25) is 0 Å². The number of aromatic nitrogens is 5. The molecule has 1 N–H and O–H groups in total. The first-order valence-electron chi connectivity index (χ1n) is 9.21. The number of H-pyrrole nitrogens is 1. The standard InChI is InChI=1S/C20H20N6O/c1-13-5-8-25(20(27)14-3-2-6-21-9-14)12-16(13)19-24-11-15-10-23-18-17(26(15)19)4-7-22-18/h2-4,6-7,9-11,13,16,22H,5,8,12H2,1H3/t13-,16+/m0/s1. The Bertz CT molecular complexity index is 1120. The molecule has 27 heavy (non-hydrogen) atoms. The quantitative estimate of drug-likeness (QED) is 0.596. The van der Waals surface area contributed by atoms with Gasteiger partial charge >= 0.3 is 0 Å². The molecule has 1 fully saturated rings. The van der Waals surface area contributed by atoms with Crippen LogP contribution in [0.4, 0.5) is 0 Å². The van der Waals surface area contributed by atoms with Crippen molar-refractivity contribution in [2.45, 2.75) is 19.3 Å². The van der Waals surface area contributed by atoms with E-state index in [9.17, 15) is 4.79 Å². The van der Waals surface area contributed by atoms with Gasteiger partial charge in [0.05, 0.1) is 29.0 Å². The smallest absolute Gasteiger partial charge is 0.255 e. The van der Waals surface area contributed by atoms with Gasteiger partial charge in [0.25, 0.3) is 5.91 Å². The summed E-state index contributed by atoms with van der Waals surface area (Å²) < 4.78 is 2.16. The van der Waals surface area contributed by atoms with Gasteiger partial charge in [-0.15, -0.1) is 0 Å². The maximum absolute atomic E-state index is 12.9. The van der Waals surface area contributed by atoms with Crippen molar-refractivity contribution in [3.05, 3.63) is 60.6 Å². The predicted octanol–water partition coefficient (Wildman–Crippen LogP) is 2.87. The summed E-state index contributed by atoms with van der Waals surface area (Å²) in [7, 11) is 0. The van der Waals surface area contributed by atoms with Gasteiger partial charge in [-0.3, -0.25) is 14.2 Å². The van der Waals surface area contributed by atoms with E-state index in [4.69, 9.17) is 4.98 Å². The van der Waals surface area contributed by atoms with Gasteiger partial charge < -0.3 is 9.88 Å². The molecule has 0 aromatic carbocycles. The van der Waals surface area contributed by atoms with E-state index in [2.05, 4.69) is 26.3 Å². The summed E-state index contributed by atoms with van der Waals surface area (Å²) >= 11 is 0. The number of rotatable bonds is 2. The largest absolute Gasteiger partial charge is 0.345 e. The summed E-state index contributed by atoms with van der Waals surface area (Å²) in [6.07, 6.45) is 9.86. The normalized spacial score (nSPS) is 20.4. The molecular weight excluding hydrogens is 340 g/mol. The zero-order chi connectivity index (χ0) is 18.4. The van der Waals surface area contributed by atoms with E-state index >= 15 is 0 Å². The average molecular weight is 360 g/mol. The van der Waals surface area contributed by atoms with Gasteiger partial charge in [-0.1, -0.05) is 6.92 Å². The van der Waals surface area contributed by atoms with Gasteiger partial charge in [0.1, 0.15) is 5.82 Å². The number of carbonyl (C=O) groups excluding carboxylic acids is 1. The van der Waals surface area contributed by atoms with E-state index in [0.717, 1.165) is 35.5 Å². The first-order chi connectivity index (χ1) is 13.2. The minimum absolute atomic E-state index is 0.0364. The molecule has 0 unspecified atom stereocenters. The third-order valence-corrected chi connectivity index (χ3v) is 5.57. The molecule has 7 nitrogen and oxygen atoms in total. The lowest BCUT2D eigenvalue weighted by atomic mass is 9.86.